The van der Waals surface area contributed by atoms with Gasteiger partial charge < -0.3 is 9.88 Å². The number of benzene rings is 1. The van der Waals surface area contributed by atoms with E-state index in [-0.39, 0.29) is 0 Å². The van der Waals surface area contributed by atoms with Crippen LogP contribution in [-0.2, 0) is 6.42 Å². The van der Waals surface area contributed by atoms with E-state index in [9.17, 15) is 0 Å². The molecule has 0 fully saturated rings. The van der Waals surface area contributed by atoms with Gasteiger partial charge in [-0.05, 0) is 31.5 Å². The lowest BCUT2D eigenvalue weighted by Gasteiger charge is -2.25. The van der Waals surface area contributed by atoms with Gasteiger partial charge in [-0.1, -0.05) is 31.2 Å². The zero-order chi connectivity index (χ0) is 13.0. The summed E-state index contributed by atoms with van der Waals surface area (Å²) in [5.74, 6) is 0. The van der Waals surface area contributed by atoms with E-state index in [1.807, 2.05) is 25.8 Å². The molecule has 1 aromatic heterocycles. The smallest absolute Gasteiger partial charge is 0.0949 e. The number of nitrogens with zero attached hydrogens (tertiary/aromatic N) is 2. The van der Waals surface area contributed by atoms with Crippen LogP contribution in [0.2, 0.25) is 0 Å². The van der Waals surface area contributed by atoms with Gasteiger partial charge in [0.15, 0.2) is 0 Å². The standard InChI is InChI=1S/C15H21N3/c1-4-13-5-7-14(8-6-13)15(16-3)12(2)18-10-9-17-11-18/h5-12,15-16H,4H2,1-3H3. The van der Waals surface area contributed by atoms with Crippen LogP contribution in [0.1, 0.15) is 37.1 Å². The van der Waals surface area contributed by atoms with Gasteiger partial charge in [-0.25, -0.2) is 4.98 Å². The molecule has 1 aromatic carbocycles. The Hall–Kier alpha value is -1.61. The lowest BCUT2D eigenvalue weighted by Crippen LogP contribution is -2.25. The molecule has 18 heavy (non-hydrogen) atoms. The van der Waals surface area contributed by atoms with Crippen LogP contribution in [0, 0.1) is 0 Å². The van der Waals surface area contributed by atoms with E-state index in [0.717, 1.165) is 6.42 Å². The summed E-state index contributed by atoms with van der Waals surface area (Å²) in [6, 6.07) is 9.48. The average Bonchev–Trinajstić information content (AvgIpc) is 2.94. The summed E-state index contributed by atoms with van der Waals surface area (Å²) in [6.07, 6.45) is 6.79. The monoisotopic (exact) mass is 243 g/mol. The van der Waals surface area contributed by atoms with Crippen LogP contribution in [0.3, 0.4) is 0 Å². The highest BCUT2D eigenvalue weighted by atomic mass is 15.1. The van der Waals surface area contributed by atoms with Crippen molar-refractivity contribution in [3.63, 3.8) is 0 Å². The molecular formula is C15H21N3. The Kier molecular flexibility index (Phi) is 4.15. The van der Waals surface area contributed by atoms with E-state index in [4.69, 9.17) is 0 Å². The molecule has 0 spiro atoms. The Balaban J connectivity index is 2.21. The first kappa shape index (κ1) is 12.8. The van der Waals surface area contributed by atoms with Crippen molar-refractivity contribution in [2.24, 2.45) is 0 Å². The fraction of sp³-hybridized carbons (Fsp3) is 0.400. The largest absolute Gasteiger partial charge is 0.333 e. The van der Waals surface area contributed by atoms with E-state index in [0.29, 0.717) is 12.1 Å². The van der Waals surface area contributed by atoms with E-state index in [2.05, 4.69) is 53.0 Å². The number of nitrogens with one attached hydrogen (secondary N) is 1. The number of rotatable bonds is 5. The SMILES string of the molecule is CCc1ccc(C(NC)C(C)n2ccnc2)cc1. The molecule has 3 heteroatoms. The minimum Gasteiger partial charge on any atom is -0.333 e. The quantitative estimate of drug-likeness (QED) is 0.875. The van der Waals surface area contributed by atoms with Gasteiger partial charge >= 0.3 is 0 Å². The van der Waals surface area contributed by atoms with Gasteiger partial charge in [-0.15, -0.1) is 0 Å². The average molecular weight is 243 g/mol. The summed E-state index contributed by atoms with van der Waals surface area (Å²) in [7, 11) is 2.01. The second-order valence-electron chi connectivity index (χ2n) is 4.61. The highest BCUT2D eigenvalue weighted by Gasteiger charge is 2.18. The molecule has 2 atom stereocenters. The van der Waals surface area contributed by atoms with Crippen molar-refractivity contribution in [2.75, 3.05) is 7.05 Å². The van der Waals surface area contributed by atoms with E-state index < -0.39 is 0 Å². The zero-order valence-corrected chi connectivity index (χ0v) is 11.3. The van der Waals surface area contributed by atoms with Crippen LogP contribution in [0.4, 0.5) is 0 Å². The van der Waals surface area contributed by atoms with Crippen molar-refractivity contribution >= 4 is 0 Å². The molecular weight excluding hydrogens is 222 g/mol. The number of aryl methyl sites for hydroxylation is 1. The molecule has 0 amide bonds. The first-order chi connectivity index (χ1) is 8.76. The summed E-state index contributed by atoms with van der Waals surface area (Å²) in [6.45, 7) is 4.38. The topological polar surface area (TPSA) is 29.9 Å². The van der Waals surface area contributed by atoms with Gasteiger partial charge in [0.25, 0.3) is 0 Å². The predicted octanol–water partition coefficient (Wildman–Crippen LogP) is 2.97. The molecule has 96 valence electrons. The Morgan fingerprint density at radius 1 is 1.28 bits per heavy atom. The molecule has 0 aliphatic rings. The fourth-order valence-corrected chi connectivity index (χ4v) is 2.33. The lowest BCUT2D eigenvalue weighted by atomic mass is 9.98. The Morgan fingerprint density at radius 2 is 2.00 bits per heavy atom. The second-order valence-corrected chi connectivity index (χ2v) is 4.61. The van der Waals surface area contributed by atoms with Crippen molar-refractivity contribution in [2.45, 2.75) is 32.4 Å². The highest BCUT2D eigenvalue weighted by Crippen LogP contribution is 2.25. The predicted molar refractivity (Wildman–Crippen MR) is 74.6 cm³/mol. The minimum absolute atomic E-state index is 0.296. The maximum Gasteiger partial charge on any atom is 0.0949 e. The van der Waals surface area contributed by atoms with Crippen molar-refractivity contribution in [3.8, 4) is 0 Å². The van der Waals surface area contributed by atoms with Gasteiger partial charge in [0.1, 0.15) is 0 Å². The summed E-state index contributed by atoms with van der Waals surface area (Å²) in [4.78, 5) is 4.12. The third-order valence-corrected chi connectivity index (χ3v) is 3.54. The third-order valence-electron chi connectivity index (χ3n) is 3.54. The molecule has 0 aliphatic heterocycles. The molecule has 1 N–H and O–H groups in total. The first-order valence-corrected chi connectivity index (χ1v) is 6.49. The van der Waals surface area contributed by atoms with Gasteiger partial charge in [0.05, 0.1) is 18.4 Å². The molecule has 2 unspecified atom stereocenters. The van der Waals surface area contributed by atoms with Gasteiger partial charge in [0.2, 0.25) is 0 Å². The maximum absolute atomic E-state index is 4.12. The summed E-state index contributed by atoms with van der Waals surface area (Å²) in [5, 5.41) is 3.40. The summed E-state index contributed by atoms with van der Waals surface area (Å²) < 4.78 is 2.13. The molecule has 3 nitrogen and oxygen atoms in total. The minimum atomic E-state index is 0.296. The lowest BCUT2D eigenvalue weighted by molar-refractivity contribution is 0.401. The molecule has 0 radical (unpaired) electrons. The van der Waals surface area contributed by atoms with Crippen LogP contribution < -0.4 is 5.32 Å². The third kappa shape index (κ3) is 2.62. The highest BCUT2D eigenvalue weighted by molar-refractivity contribution is 5.25. The second kappa shape index (κ2) is 5.83. The zero-order valence-electron chi connectivity index (χ0n) is 11.3. The van der Waals surface area contributed by atoms with Gasteiger partial charge in [-0.3, -0.25) is 0 Å². The van der Waals surface area contributed by atoms with E-state index in [1.54, 1.807) is 0 Å². The Morgan fingerprint density at radius 3 is 2.50 bits per heavy atom. The number of imidazole rings is 1. The van der Waals surface area contributed by atoms with Gasteiger partial charge in [-0.2, -0.15) is 0 Å². The van der Waals surface area contributed by atoms with Crippen molar-refractivity contribution in [1.82, 2.24) is 14.9 Å². The first-order valence-electron chi connectivity index (χ1n) is 6.49. The van der Waals surface area contributed by atoms with Crippen LogP contribution >= 0.6 is 0 Å². The number of likely N-dealkylation sites (N-methyl/N-ethyl adjacent to an activating group) is 1. The van der Waals surface area contributed by atoms with Crippen LogP contribution in [0.5, 0.6) is 0 Å². The molecule has 0 aliphatic carbocycles. The Bertz CT molecular complexity index is 459. The molecule has 2 rings (SSSR count). The molecule has 1 heterocycles. The molecule has 0 saturated carbocycles. The van der Waals surface area contributed by atoms with Crippen LogP contribution in [0.25, 0.3) is 0 Å². The van der Waals surface area contributed by atoms with Crippen molar-refractivity contribution in [1.29, 1.82) is 0 Å². The number of hydrogen-bond donors (Lipinski definition) is 1. The van der Waals surface area contributed by atoms with Crippen molar-refractivity contribution < 1.29 is 0 Å². The number of hydrogen-bond acceptors (Lipinski definition) is 2. The number of aromatic nitrogens is 2. The molecule has 2 aromatic rings. The Labute approximate surface area is 109 Å². The fourth-order valence-electron chi connectivity index (χ4n) is 2.33. The van der Waals surface area contributed by atoms with E-state index >= 15 is 0 Å². The normalized spacial score (nSPS) is 14.4. The molecule has 0 saturated heterocycles. The summed E-state index contributed by atoms with van der Waals surface area (Å²) in [5.41, 5.74) is 2.69. The van der Waals surface area contributed by atoms with Crippen LogP contribution in [-0.4, -0.2) is 16.6 Å². The maximum atomic E-state index is 4.12. The van der Waals surface area contributed by atoms with E-state index in [1.165, 1.54) is 11.1 Å². The summed E-state index contributed by atoms with van der Waals surface area (Å²) >= 11 is 0. The van der Waals surface area contributed by atoms with Crippen LogP contribution in [0.15, 0.2) is 43.0 Å². The van der Waals surface area contributed by atoms with Gasteiger partial charge in [0, 0.05) is 12.4 Å². The van der Waals surface area contributed by atoms with Crippen molar-refractivity contribution in [3.05, 3.63) is 54.1 Å². The molecule has 0 bridgehead atoms.